The number of rotatable bonds is 5. The molecule has 0 bridgehead atoms. The van der Waals surface area contributed by atoms with E-state index in [1.165, 1.54) is 12.1 Å². The molecule has 1 atom stereocenters. The molecule has 0 amide bonds. The molecule has 1 unspecified atom stereocenters. The van der Waals surface area contributed by atoms with E-state index < -0.39 is 11.2 Å². The third-order valence-corrected chi connectivity index (χ3v) is 7.54. The van der Waals surface area contributed by atoms with E-state index in [9.17, 15) is 8.94 Å². The quantitative estimate of drug-likeness (QED) is 0.707. The van der Waals surface area contributed by atoms with Crippen molar-refractivity contribution in [2.45, 2.75) is 49.1 Å². The van der Waals surface area contributed by atoms with E-state index in [4.69, 9.17) is 19.4 Å². The van der Waals surface area contributed by atoms with Gasteiger partial charge in [0, 0.05) is 51.6 Å². The number of fused-ring (bicyclic) bond motifs is 1. The number of nitrogens with one attached hydrogen (secondary N) is 1. The van der Waals surface area contributed by atoms with Crippen molar-refractivity contribution in [2.75, 3.05) is 42.3 Å². The van der Waals surface area contributed by atoms with Gasteiger partial charge in [0.1, 0.15) is 29.1 Å². The average molecular weight is 447 g/mol. The average Bonchev–Trinajstić information content (AvgIpc) is 3.17. The predicted octanol–water partition coefficient (Wildman–Crippen LogP) is 2.92. The second kappa shape index (κ2) is 9.18. The molecule has 5 rings (SSSR count). The van der Waals surface area contributed by atoms with Crippen LogP contribution < -0.4 is 15.0 Å². The number of hydrogen-bond donors (Lipinski definition) is 1. The lowest BCUT2D eigenvalue weighted by Gasteiger charge is -2.32. The van der Waals surface area contributed by atoms with Gasteiger partial charge in [-0.25, -0.2) is 9.37 Å². The number of hydrogen-bond acceptors (Lipinski definition) is 7. The normalized spacial score (nSPS) is 22.4. The largest absolute Gasteiger partial charge is 0.611 e. The first-order chi connectivity index (χ1) is 15.2. The highest BCUT2D eigenvalue weighted by molar-refractivity contribution is 7.91. The molecule has 166 valence electrons. The van der Waals surface area contributed by atoms with Crippen molar-refractivity contribution in [3.8, 4) is 5.75 Å². The van der Waals surface area contributed by atoms with E-state index in [0.29, 0.717) is 17.5 Å². The van der Waals surface area contributed by atoms with Gasteiger partial charge in [-0.2, -0.15) is 4.98 Å². The lowest BCUT2D eigenvalue weighted by molar-refractivity contribution is 0.0903. The Hall–Kier alpha value is -2.10. The zero-order chi connectivity index (χ0) is 21.2. The summed E-state index contributed by atoms with van der Waals surface area (Å²) in [6.45, 7) is 3.04. The molecule has 7 nitrogen and oxygen atoms in total. The molecule has 3 aliphatic heterocycles. The van der Waals surface area contributed by atoms with E-state index in [0.717, 1.165) is 74.8 Å². The van der Waals surface area contributed by atoms with Crippen LogP contribution in [0, 0.1) is 5.82 Å². The molecule has 9 heteroatoms. The zero-order valence-electron chi connectivity index (χ0n) is 17.4. The Labute approximate surface area is 184 Å². The van der Waals surface area contributed by atoms with Crippen molar-refractivity contribution < 1.29 is 18.4 Å². The van der Waals surface area contributed by atoms with Crippen LogP contribution in [-0.4, -0.2) is 58.7 Å². The van der Waals surface area contributed by atoms with Crippen LogP contribution in [0.4, 0.5) is 16.2 Å². The number of anilines is 2. The van der Waals surface area contributed by atoms with Gasteiger partial charge >= 0.3 is 0 Å². The summed E-state index contributed by atoms with van der Waals surface area (Å²) in [7, 11) is 0. The fraction of sp³-hybridized carbons (Fsp3) is 0.545. The highest BCUT2D eigenvalue weighted by Crippen LogP contribution is 2.34. The van der Waals surface area contributed by atoms with E-state index in [2.05, 4.69) is 10.2 Å². The molecule has 1 aromatic carbocycles. The van der Waals surface area contributed by atoms with Gasteiger partial charge in [0.25, 0.3) is 0 Å². The fourth-order valence-corrected chi connectivity index (χ4v) is 5.65. The molecule has 0 aliphatic carbocycles. The summed E-state index contributed by atoms with van der Waals surface area (Å²) in [4.78, 5) is 12.6. The maximum absolute atomic E-state index is 13.1. The molecule has 1 aromatic heterocycles. The van der Waals surface area contributed by atoms with Gasteiger partial charge in [-0.1, -0.05) is 0 Å². The number of piperidine rings is 1. The van der Waals surface area contributed by atoms with Crippen molar-refractivity contribution in [2.24, 2.45) is 0 Å². The van der Waals surface area contributed by atoms with Gasteiger partial charge in [0.15, 0.2) is 5.82 Å². The first kappa shape index (κ1) is 20.8. The van der Waals surface area contributed by atoms with Crippen LogP contribution >= 0.6 is 0 Å². The van der Waals surface area contributed by atoms with E-state index in [1.54, 1.807) is 12.1 Å². The minimum absolute atomic E-state index is 0.0866. The first-order valence-electron chi connectivity index (χ1n) is 11.0. The molecule has 1 N–H and O–H groups in total. The van der Waals surface area contributed by atoms with Crippen molar-refractivity contribution in [1.82, 2.24) is 9.97 Å². The molecule has 0 spiro atoms. The van der Waals surface area contributed by atoms with Gasteiger partial charge < -0.3 is 24.2 Å². The van der Waals surface area contributed by atoms with Crippen LogP contribution in [0.25, 0.3) is 0 Å². The molecule has 3 aliphatic rings. The molecule has 2 fully saturated rings. The van der Waals surface area contributed by atoms with Crippen LogP contribution in [0.1, 0.15) is 31.4 Å². The summed E-state index contributed by atoms with van der Waals surface area (Å²) >= 11 is -1.04. The Morgan fingerprint density at radius 2 is 1.84 bits per heavy atom. The Morgan fingerprint density at radius 3 is 2.58 bits per heavy atom. The topological polar surface area (TPSA) is 82.6 Å². The number of ether oxygens (including phenoxy) is 2. The highest BCUT2D eigenvalue weighted by atomic mass is 32.2. The second-order valence-corrected chi connectivity index (χ2v) is 9.74. The molecule has 2 saturated heterocycles. The Kier molecular flexibility index (Phi) is 6.15. The molecular weight excluding hydrogens is 419 g/mol. The van der Waals surface area contributed by atoms with Gasteiger partial charge in [-0.05, 0) is 48.3 Å². The van der Waals surface area contributed by atoms with E-state index in [-0.39, 0.29) is 18.0 Å². The third kappa shape index (κ3) is 4.73. The maximum Gasteiger partial charge on any atom is 0.227 e. The summed E-state index contributed by atoms with van der Waals surface area (Å²) in [6, 6.07) is 6.45. The summed E-state index contributed by atoms with van der Waals surface area (Å²) in [5, 5.41) is 3.53. The second-order valence-electron chi connectivity index (χ2n) is 8.24. The van der Waals surface area contributed by atoms with Gasteiger partial charge in [-0.3, -0.25) is 0 Å². The molecule has 31 heavy (non-hydrogen) atoms. The van der Waals surface area contributed by atoms with Crippen LogP contribution in [0.3, 0.4) is 0 Å². The summed E-state index contributed by atoms with van der Waals surface area (Å²) in [5.41, 5.74) is 0.905. The summed E-state index contributed by atoms with van der Waals surface area (Å²) < 4.78 is 37.1. The summed E-state index contributed by atoms with van der Waals surface area (Å²) in [6.07, 6.45) is 4.34. The Bertz CT molecular complexity index is 902. The molecule has 2 aromatic rings. The van der Waals surface area contributed by atoms with Crippen LogP contribution in [-0.2, 0) is 22.3 Å². The van der Waals surface area contributed by atoms with Gasteiger partial charge in [-0.15, -0.1) is 0 Å². The smallest absolute Gasteiger partial charge is 0.227 e. The number of halogens is 1. The highest BCUT2D eigenvalue weighted by Gasteiger charge is 2.34. The van der Waals surface area contributed by atoms with Crippen molar-refractivity contribution >= 4 is 22.9 Å². The van der Waals surface area contributed by atoms with Gasteiger partial charge in [0.05, 0.1) is 0 Å². The monoisotopic (exact) mass is 446 g/mol. The fourth-order valence-electron chi connectivity index (χ4n) is 4.34. The lowest BCUT2D eigenvalue weighted by atomic mass is 10.1. The number of benzene rings is 1. The minimum Gasteiger partial charge on any atom is -0.611 e. The number of nitrogens with zero attached hydrogens (tertiary/aromatic N) is 3. The minimum atomic E-state index is -1.04. The number of aromatic nitrogens is 2. The van der Waals surface area contributed by atoms with Crippen molar-refractivity contribution in [1.29, 1.82) is 0 Å². The molecule has 0 radical (unpaired) electrons. The van der Waals surface area contributed by atoms with Crippen LogP contribution in [0.5, 0.6) is 5.75 Å². The van der Waals surface area contributed by atoms with Crippen LogP contribution in [0.15, 0.2) is 29.2 Å². The summed E-state index contributed by atoms with van der Waals surface area (Å²) in [5.74, 6) is 2.48. The van der Waals surface area contributed by atoms with E-state index in [1.807, 2.05) is 0 Å². The Morgan fingerprint density at radius 1 is 1.10 bits per heavy atom. The lowest BCUT2D eigenvalue weighted by Crippen LogP contribution is -2.39. The van der Waals surface area contributed by atoms with Crippen molar-refractivity contribution in [3.05, 3.63) is 35.8 Å². The molecule has 4 heterocycles. The molecular formula is C22H27FN4O3S. The SMILES string of the molecule is [O-][S+]1CCc2nc(N3CCC(Oc4ccc(F)cc4)CC3)nc(NC3CCOCC3)c21. The van der Waals surface area contributed by atoms with Crippen LogP contribution in [0.2, 0.25) is 0 Å². The van der Waals surface area contributed by atoms with Crippen molar-refractivity contribution in [3.63, 3.8) is 0 Å². The standard InChI is InChI=1S/C22H27FN4O3S/c23-15-1-3-17(4-2-15)30-18-5-10-27(11-6-18)22-25-19-9-14-31(28)20(19)21(26-22)24-16-7-12-29-13-8-16/h1-4,16,18H,5-14H2,(H,24,25,26). The van der Waals surface area contributed by atoms with Gasteiger partial charge in [0.2, 0.25) is 10.8 Å². The number of aryl methyl sites for hydroxylation is 1. The maximum atomic E-state index is 13.1. The van der Waals surface area contributed by atoms with E-state index >= 15 is 0 Å². The first-order valence-corrected chi connectivity index (χ1v) is 12.3. The predicted molar refractivity (Wildman–Crippen MR) is 117 cm³/mol. The molecule has 0 saturated carbocycles. The Balaban J connectivity index is 1.28. The third-order valence-electron chi connectivity index (χ3n) is 6.08. The zero-order valence-corrected chi connectivity index (χ0v) is 18.2.